The zero-order valence-electron chi connectivity index (χ0n) is 9.16. The van der Waals surface area contributed by atoms with Crippen molar-refractivity contribution in [1.82, 2.24) is 0 Å². The molecule has 0 amide bonds. The van der Waals surface area contributed by atoms with Gasteiger partial charge in [0.15, 0.2) is 11.6 Å². The molecule has 18 heavy (non-hydrogen) atoms. The number of halogens is 2. The molecule has 0 heterocycles. The van der Waals surface area contributed by atoms with E-state index in [0.29, 0.717) is 6.07 Å². The fourth-order valence-corrected chi connectivity index (χ4v) is 1.41. The minimum atomic E-state index is -1.68. The van der Waals surface area contributed by atoms with Crippen molar-refractivity contribution < 1.29 is 24.1 Å². The van der Waals surface area contributed by atoms with Crippen LogP contribution in [0.4, 0.5) is 8.78 Å². The summed E-state index contributed by atoms with van der Waals surface area (Å²) >= 11 is 0. The largest absolute Gasteiger partial charge is 0.505 e. The third kappa shape index (κ3) is 3.30. The molecule has 0 aliphatic heterocycles. The van der Waals surface area contributed by atoms with Crippen molar-refractivity contribution in [2.75, 3.05) is 6.54 Å². The Bertz CT molecular complexity index is 478. The van der Waals surface area contributed by atoms with Crippen molar-refractivity contribution in [3.8, 4) is 5.75 Å². The molecule has 2 unspecified atom stereocenters. The lowest BCUT2D eigenvalue weighted by Crippen LogP contribution is -2.19. The normalized spacial score (nSPS) is 13.8. The van der Waals surface area contributed by atoms with Gasteiger partial charge in [0.25, 0.3) is 0 Å². The number of rotatable bonds is 5. The highest BCUT2D eigenvalue weighted by Gasteiger charge is 2.23. The number of hydrogen-bond donors (Lipinski definition) is 3. The van der Waals surface area contributed by atoms with E-state index in [-0.39, 0.29) is 13.0 Å². The first-order chi connectivity index (χ1) is 8.47. The molecule has 1 rings (SSSR count). The van der Waals surface area contributed by atoms with E-state index < -0.39 is 35.2 Å². The molecule has 0 bridgehead atoms. The van der Waals surface area contributed by atoms with Crippen molar-refractivity contribution in [3.05, 3.63) is 39.8 Å². The monoisotopic (exact) mass is 259 g/mol. The van der Waals surface area contributed by atoms with Crippen molar-refractivity contribution in [2.24, 2.45) is 5.11 Å². The van der Waals surface area contributed by atoms with Gasteiger partial charge in [0, 0.05) is 23.1 Å². The van der Waals surface area contributed by atoms with E-state index in [4.69, 9.17) is 5.53 Å². The fraction of sp³-hybridized carbons (Fsp3) is 0.400. The molecule has 6 nitrogen and oxygen atoms in total. The number of nitrogens with zero attached hydrogens (tertiary/aromatic N) is 3. The molecule has 0 spiro atoms. The molecule has 8 heteroatoms. The summed E-state index contributed by atoms with van der Waals surface area (Å²) in [6, 6.07) is 1.18. The van der Waals surface area contributed by atoms with Crippen molar-refractivity contribution >= 4 is 0 Å². The molecule has 1 aromatic carbocycles. The van der Waals surface area contributed by atoms with Gasteiger partial charge in [0.1, 0.15) is 11.9 Å². The first-order valence-electron chi connectivity index (χ1n) is 5.02. The van der Waals surface area contributed by atoms with E-state index in [1.807, 2.05) is 0 Å². The molecule has 0 radical (unpaired) electrons. The second-order valence-corrected chi connectivity index (χ2v) is 3.58. The van der Waals surface area contributed by atoms with E-state index in [2.05, 4.69) is 10.0 Å². The SMILES string of the molecule is [N-]=[N+]=NCCC(O)C(O)c1cc(F)cc(F)c1O. The van der Waals surface area contributed by atoms with Crippen LogP contribution in [0.2, 0.25) is 0 Å². The molecule has 0 aliphatic rings. The van der Waals surface area contributed by atoms with E-state index in [1.54, 1.807) is 0 Å². The van der Waals surface area contributed by atoms with Gasteiger partial charge in [-0.3, -0.25) is 0 Å². The van der Waals surface area contributed by atoms with Gasteiger partial charge in [0.2, 0.25) is 0 Å². The highest BCUT2D eigenvalue weighted by atomic mass is 19.1. The summed E-state index contributed by atoms with van der Waals surface area (Å²) in [5, 5.41) is 31.6. The Morgan fingerprint density at radius 1 is 1.33 bits per heavy atom. The van der Waals surface area contributed by atoms with Crippen LogP contribution < -0.4 is 0 Å². The highest BCUT2D eigenvalue weighted by Crippen LogP contribution is 2.30. The second-order valence-electron chi connectivity index (χ2n) is 3.58. The van der Waals surface area contributed by atoms with Crippen LogP contribution in [0.1, 0.15) is 18.1 Å². The average Bonchev–Trinajstić information content (AvgIpc) is 2.33. The van der Waals surface area contributed by atoms with E-state index >= 15 is 0 Å². The predicted molar refractivity (Wildman–Crippen MR) is 57.6 cm³/mol. The van der Waals surface area contributed by atoms with Crippen LogP contribution in [0.15, 0.2) is 17.2 Å². The second kappa shape index (κ2) is 6.15. The Kier molecular flexibility index (Phi) is 4.85. The maximum absolute atomic E-state index is 13.0. The Morgan fingerprint density at radius 3 is 2.61 bits per heavy atom. The lowest BCUT2D eigenvalue weighted by molar-refractivity contribution is 0.0133. The third-order valence-electron chi connectivity index (χ3n) is 2.33. The van der Waals surface area contributed by atoms with Gasteiger partial charge < -0.3 is 15.3 Å². The maximum Gasteiger partial charge on any atom is 0.168 e. The van der Waals surface area contributed by atoms with Crippen LogP contribution >= 0.6 is 0 Å². The number of aliphatic hydroxyl groups excluding tert-OH is 2. The Morgan fingerprint density at radius 2 is 2.00 bits per heavy atom. The molecule has 0 fully saturated rings. The Balaban J connectivity index is 2.89. The van der Waals surface area contributed by atoms with Crippen LogP contribution in [0.5, 0.6) is 5.75 Å². The number of phenols is 1. The van der Waals surface area contributed by atoms with Gasteiger partial charge in [-0.05, 0) is 18.0 Å². The zero-order chi connectivity index (χ0) is 13.7. The maximum atomic E-state index is 13.0. The van der Waals surface area contributed by atoms with Gasteiger partial charge in [0.05, 0.1) is 6.10 Å². The lowest BCUT2D eigenvalue weighted by Gasteiger charge is -2.18. The highest BCUT2D eigenvalue weighted by molar-refractivity contribution is 5.36. The van der Waals surface area contributed by atoms with Crippen molar-refractivity contribution in [3.63, 3.8) is 0 Å². The molecule has 2 atom stereocenters. The number of aromatic hydroxyl groups is 1. The van der Waals surface area contributed by atoms with Crippen LogP contribution in [-0.2, 0) is 0 Å². The van der Waals surface area contributed by atoms with Crippen molar-refractivity contribution in [1.29, 1.82) is 0 Å². The number of hydrogen-bond acceptors (Lipinski definition) is 4. The quantitative estimate of drug-likeness (QED) is 0.425. The van der Waals surface area contributed by atoms with Gasteiger partial charge in [-0.2, -0.15) is 0 Å². The topological polar surface area (TPSA) is 109 Å². The minimum absolute atomic E-state index is 0.0900. The predicted octanol–water partition coefficient (Wildman–Crippen LogP) is 1.77. The van der Waals surface area contributed by atoms with Gasteiger partial charge >= 0.3 is 0 Å². The summed E-state index contributed by atoms with van der Waals surface area (Å²) in [5.74, 6) is -3.14. The molecule has 3 N–H and O–H groups in total. The zero-order valence-corrected chi connectivity index (χ0v) is 9.16. The van der Waals surface area contributed by atoms with Gasteiger partial charge in [-0.25, -0.2) is 8.78 Å². The summed E-state index contributed by atoms with van der Waals surface area (Å²) < 4.78 is 25.9. The summed E-state index contributed by atoms with van der Waals surface area (Å²) in [6.07, 6.45) is -3.20. The first-order valence-corrected chi connectivity index (χ1v) is 5.02. The summed E-state index contributed by atoms with van der Waals surface area (Å²) in [6.45, 7) is -0.0900. The Labute approximate surface area is 101 Å². The van der Waals surface area contributed by atoms with Crippen LogP contribution in [0.25, 0.3) is 10.4 Å². The molecule has 0 aromatic heterocycles. The van der Waals surface area contributed by atoms with Crippen LogP contribution in [-0.4, -0.2) is 28.0 Å². The van der Waals surface area contributed by atoms with Gasteiger partial charge in [-0.1, -0.05) is 5.11 Å². The number of aliphatic hydroxyl groups is 2. The lowest BCUT2D eigenvalue weighted by atomic mass is 10.0. The first kappa shape index (κ1) is 14.2. The molecule has 0 saturated carbocycles. The van der Waals surface area contributed by atoms with Crippen LogP contribution in [0, 0.1) is 11.6 Å². The number of benzene rings is 1. The van der Waals surface area contributed by atoms with E-state index in [9.17, 15) is 24.1 Å². The van der Waals surface area contributed by atoms with Crippen LogP contribution in [0.3, 0.4) is 0 Å². The third-order valence-corrected chi connectivity index (χ3v) is 2.33. The standard InChI is InChI=1S/C10H11F2N3O3/c11-5-3-6(9(17)7(12)4-5)10(18)8(16)1-2-14-15-13/h3-4,8,10,16-18H,1-2H2. The van der Waals surface area contributed by atoms with Crippen molar-refractivity contribution in [2.45, 2.75) is 18.6 Å². The summed E-state index contributed by atoms with van der Waals surface area (Å²) in [5.41, 5.74) is 7.57. The molecule has 0 saturated heterocycles. The van der Waals surface area contributed by atoms with Gasteiger partial charge in [-0.15, -0.1) is 0 Å². The molecule has 1 aromatic rings. The molecule has 98 valence electrons. The minimum Gasteiger partial charge on any atom is -0.505 e. The average molecular weight is 259 g/mol. The smallest absolute Gasteiger partial charge is 0.168 e. The van der Waals surface area contributed by atoms with E-state index in [0.717, 1.165) is 6.07 Å². The molecule has 0 aliphatic carbocycles. The fourth-order valence-electron chi connectivity index (χ4n) is 1.41. The number of phenolic OH excluding ortho intramolecular Hbond substituents is 1. The van der Waals surface area contributed by atoms with E-state index in [1.165, 1.54) is 0 Å². The molecular formula is C10H11F2N3O3. The number of azide groups is 1. The summed E-state index contributed by atoms with van der Waals surface area (Å²) in [7, 11) is 0. The Hall–Kier alpha value is -1.89. The molecular weight excluding hydrogens is 248 g/mol. The summed E-state index contributed by atoms with van der Waals surface area (Å²) in [4.78, 5) is 2.45.